The van der Waals surface area contributed by atoms with Crippen molar-refractivity contribution in [2.75, 3.05) is 17.3 Å². The topological polar surface area (TPSA) is 29.1 Å². The molecule has 17 heavy (non-hydrogen) atoms. The van der Waals surface area contributed by atoms with Gasteiger partial charge in [-0.3, -0.25) is 4.79 Å². The number of hydrogen-bond donors (Lipinski definition) is 1. The van der Waals surface area contributed by atoms with E-state index in [1.54, 1.807) is 11.8 Å². The zero-order valence-corrected chi connectivity index (χ0v) is 12.4. The zero-order chi connectivity index (χ0) is 13.5. The highest BCUT2D eigenvalue weighted by molar-refractivity contribution is 7.98. The summed E-state index contributed by atoms with van der Waals surface area (Å²) in [7, 11) is 0. The Hall–Kier alpha value is -0.960. The number of benzene rings is 1. The number of thioether (sulfide) groups is 1. The van der Waals surface area contributed by atoms with E-state index in [-0.39, 0.29) is 5.91 Å². The molecule has 0 spiro atoms. The molecule has 3 heteroatoms. The van der Waals surface area contributed by atoms with Crippen LogP contribution in [-0.2, 0) is 4.79 Å². The van der Waals surface area contributed by atoms with Crippen molar-refractivity contribution >= 4 is 23.4 Å². The van der Waals surface area contributed by atoms with Crippen LogP contribution in [0.5, 0.6) is 0 Å². The van der Waals surface area contributed by atoms with Crippen LogP contribution in [0.4, 0.5) is 5.69 Å². The molecule has 0 saturated heterocycles. The Labute approximate surface area is 110 Å². The Morgan fingerprint density at radius 2 is 1.65 bits per heavy atom. The van der Waals surface area contributed by atoms with E-state index in [1.807, 2.05) is 64.3 Å². The summed E-state index contributed by atoms with van der Waals surface area (Å²) < 4.78 is 0. The number of carbonyl (C=O) groups excluding carboxylic acids is 1. The molecule has 0 aromatic heterocycles. The SMILES string of the molecule is CC.CC.CSCCC(=O)Nc1ccccc1. The van der Waals surface area contributed by atoms with Crippen molar-refractivity contribution in [3.8, 4) is 0 Å². The minimum Gasteiger partial charge on any atom is -0.326 e. The van der Waals surface area contributed by atoms with Crippen LogP contribution in [-0.4, -0.2) is 17.9 Å². The van der Waals surface area contributed by atoms with Crippen LogP contribution < -0.4 is 5.32 Å². The summed E-state index contributed by atoms with van der Waals surface area (Å²) in [6.07, 6.45) is 2.58. The average Bonchev–Trinajstić information content (AvgIpc) is 2.42. The van der Waals surface area contributed by atoms with E-state index >= 15 is 0 Å². The van der Waals surface area contributed by atoms with Gasteiger partial charge >= 0.3 is 0 Å². The molecular formula is C14H25NOS. The first-order valence-electron chi connectivity index (χ1n) is 6.17. The number of hydrogen-bond acceptors (Lipinski definition) is 2. The lowest BCUT2D eigenvalue weighted by Gasteiger charge is -2.03. The minimum atomic E-state index is 0.0838. The molecule has 0 atom stereocenters. The quantitative estimate of drug-likeness (QED) is 0.862. The second kappa shape index (κ2) is 15.0. The second-order valence-corrected chi connectivity index (χ2v) is 3.64. The highest BCUT2D eigenvalue weighted by Gasteiger charge is 1.99. The molecule has 0 aliphatic heterocycles. The normalized spacial score (nSPS) is 8.06. The average molecular weight is 255 g/mol. The van der Waals surface area contributed by atoms with Crippen molar-refractivity contribution in [1.82, 2.24) is 0 Å². The highest BCUT2D eigenvalue weighted by Crippen LogP contribution is 2.06. The van der Waals surface area contributed by atoms with E-state index in [9.17, 15) is 4.79 Å². The molecular weight excluding hydrogens is 230 g/mol. The van der Waals surface area contributed by atoms with E-state index < -0.39 is 0 Å². The first-order chi connectivity index (χ1) is 8.33. The Bertz CT molecular complexity index is 262. The van der Waals surface area contributed by atoms with Gasteiger partial charge in [0.15, 0.2) is 0 Å². The lowest BCUT2D eigenvalue weighted by Crippen LogP contribution is -2.11. The van der Waals surface area contributed by atoms with Crippen LogP contribution >= 0.6 is 11.8 Å². The molecule has 0 heterocycles. The minimum absolute atomic E-state index is 0.0838. The van der Waals surface area contributed by atoms with Gasteiger partial charge in [-0.25, -0.2) is 0 Å². The van der Waals surface area contributed by atoms with Crippen molar-refractivity contribution in [2.24, 2.45) is 0 Å². The van der Waals surface area contributed by atoms with Crippen LogP contribution in [0, 0.1) is 0 Å². The standard InChI is InChI=1S/C10H13NOS.2C2H6/c1-13-8-7-10(12)11-9-5-3-2-4-6-9;2*1-2/h2-6H,7-8H2,1H3,(H,11,12);2*1-2H3. The summed E-state index contributed by atoms with van der Waals surface area (Å²) in [4.78, 5) is 11.2. The number of rotatable bonds is 4. The van der Waals surface area contributed by atoms with Gasteiger partial charge in [-0.05, 0) is 18.4 Å². The number of anilines is 1. The van der Waals surface area contributed by atoms with Gasteiger partial charge in [0.1, 0.15) is 0 Å². The monoisotopic (exact) mass is 255 g/mol. The number of amides is 1. The Kier molecular flexibility index (Phi) is 16.3. The summed E-state index contributed by atoms with van der Waals surface area (Å²) >= 11 is 1.68. The maximum Gasteiger partial charge on any atom is 0.225 e. The Morgan fingerprint density at radius 1 is 1.12 bits per heavy atom. The third-order valence-corrected chi connectivity index (χ3v) is 2.20. The lowest BCUT2D eigenvalue weighted by atomic mass is 10.3. The van der Waals surface area contributed by atoms with E-state index in [1.165, 1.54) is 0 Å². The van der Waals surface area contributed by atoms with E-state index in [2.05, 4.69) is 5.32 Å². The van der Waals surface area contributed by atoms with E-state index in [0.29, 0.717) is 6.42 Å². The molecule has 1 N–H and O–H groups in total. The highest BCUT2D eigenvalue weighted by atomic mass is 32.2. The molecule has 0 radical (unpaired) electrons. The third kappa shape index (κ3) is 11.3. The summed E-state index contributed by atoms with van der Waals surface area (Å²) in [5.74, 6) is 0.958. The van der Waals surface area contributed by atoms with Crippen LogP contribution in [0.15, 0.2) is 30.3 Å². The van der Waals surface area contributed by atoms with E-state index in [4.69, 9.17) is 0 Å². The smallest absolute Gasteiger partial charge is 0.225 e. The predicted molar refractivity (Wildman–Crippen MR) is 80.8 cm³/mol. The lowest BCUT2D eigenvalue weighted by molar-refractivity contribution is -0.115. The summed E-state index contributed by atoms with van der Waals surface area (Å²) in [5.41, 5.74) is 0.869. The zero-order valence-electron chi connectivity index (χ0n) is 11.6. The van der Waals surface area contributed by atoms with E-state index in [0.717, 1.165) is 11.4 Å². The molecule has 0 unspecified atom stereocenters. The Balaban J connectivity index is 0. The van der Waals surface area contributed by atoms with Gasteiger partial charge in [0.2, 0.25) is 5.91 Å². The van der Waals surface area contributed by atoms with Crippen LogP contribution in [0.3, 0.4) is 0 Å². The molecule has 0 saturated carbocycles. The van der Waals surface area contributed by atoms with Gasteiger partial charge in [-0.2, -0.15) is 11.8 Å². The molecule has 1 rings (SSSR count). The summed E-state index contributed by atoms with van der Waals surface area (Å²) in [6.45, 7) is 8.00. The largest absolute Gasteiger partial charge is 0.326 e. The van der Waals surface area contributed by atoms with Gasteiger partial charge < -0.3 is 5.32 Å². The van der Waals surface area contributed by atoms with Crippen molar-refractivity contribution in [1.29, 1.82) is 0 Å². The van der Waals surface area contributed by atoms with Crippen LogP contribution in [0.2, 0.25) is 0 Å². The third-order valence-electron chi connectivity index (χ3n) is 1.59. The van der Waals surface area contributed by atoms with Crippen molar-refractivity contribution < 1.29 is 4.79 Å². The number of carbonyl (C=O) groups is 1. The molecule has 0 fully saturated rings. The first-order valence-corrected chi connectivity index (χ1v) is 7.56. The van der Waals surface area contributed by atoms with Gasteiger partial charge in [0.25, 0.3) is 0 Å². The summed E-state index contributed by atoms with van der Waals surface area (Å²) in [6, 6.07) is 9.51. The number of para-hydroxylation sites is 1. The van der Waals surface area contributed by atoms with Crippen molar-refractivity contribution in [3.63, 3.8) is 0 Å². The fourth-order valence-electron chi connectivity index (χ4n) is 0.940. The molecule has 0 aliphatic rings. The molecule has 98 valence electrons. The Morgan fingerprint density at radius 3 is 2.12 bits per heavy atom. The maximum absolute atomic E-state index is 11.2. The fourth-order valence-corrected chi connectivity index (χ4v) is 1.33. The molecule has 0 aliphatic carbocycles. The summed E-state index contributed by atoms with van der Waals surface area (Å²) in [5, 5.41) is 2.82. The van der Waals surface area contributed by atoms with Gasteiger partial charge in [0, 0.05) is 17.9 Å². The molecule has 1 aromatic carbocycles. The molecule has 1 aromatic rings. The molecule has 1 amide bonds. The first kappa shape index (κ1) is 18.4. The molecule has 0 bridgehead atoms. The van der Waals surface area contributed by atoms with Gasteiger partial charge in [0.05, 0.1) is 0 Å². The predicted octanol–water partition coefficient (Wildman–Crippen LogP) is 4.43. The maximum atomic E-state index is 11.2. The fraction of sp³-hybridized carbons (Fsp3) is 0.500. The number of nitrogens with one attached hydrogen (secondary N) is 1. The van der Waals surface area contributed by atoms with Crippen LogP contribution in [0.1, 0.15) is 34.1 Å². The van der Waals surface area contributed by atoms with Gasteiger partial charge in [-0.15, -0.1) is 0 Å². The molecule has 2 nitrogen and oxygen atoms in total. The van der Waals surface area contributed by atoms with Crippen molar-refractivity contribution in [2.45, 2.75) is 34.1 Å². The van der Waals surface area contributed by atoms with Gasteiger partial charge in [-0.1, -0.05) is 45.9 Å². The second-order valence-electron chi connectivity index (χ2n) is 2.66. The van der Waals surface area contributed by atoms with Crippen LogP contribution in [0.25, 0.3) is 0 Å². The van der Waals surface area contributed by atoms with Crippen molar-refractivity contribution in [3.05, 3.63) is 30.3 Å².